The minimum Gasteiger partial charge on any atom is -0.301 e. The van der Waals surface area contributed by atoms with E-state index in [1.165, 1.54) is 45.3 Å². The van der Waals surface area contributed by atoms with Crippen LogP contribution in [-0.4, -0.2) is 48.6 Å². The summed E-state index contributed by atoms with van der Waals surface area (Å²) in [4.78, 5) is 5.24. The average Bonchev–Trinajstić information content (AvgIpc) is 2.63. The summed E-state index contributed by atoms with van der Waals surface area (Å²) in [5.74, 6) is 0. The van der Waals surface area contributed by atoms with Gasteiger partial charge < -0.3 is 4.90 Å². The van der Waals surface area contributed by atoms with E-state index in [0.29, 0.717) is 0 Å². The molecule has 0 radical (unpaired) electrons. The Morgan fingerprint density at radius 3 is 2.54 bits per heavy atom. The monoisotopic (exact) mass is 182 g/mol. The largest absolute Gasteiger partial charge is 0.301 e. The second-order valence-electron chi connectivity index (χ2n) is 4.68. The van der Waals surface area contributed by atoms with Gasteiger partial charge in [0.2, 0.25) is 0 Å². The molecule has 0 saturated carbocycles. The molecule has 0 unspecified atom stereocenters. The van der Waals surface area contributed by atoms with Crippen LogP contribution in [0, 0.1) is 0 Å². The van der Waals surface area contributed by atoms with Crippen LogP contribution in [0.25, 0.3) is 0 Å². The summed E-state index contributed by atoms with van der Waals surface area (Å²) in [6.45, 7) is 6.29. The van der Waals surface area contributed by atoms with Crippen LogP contribution in [0.3, 0.4) is 0 Å². The van der Waals surface area contributed by atoms with Crippen molar-refractivity contribution in [3.8, 4) is 0 Å². The van der Waals surface area contributed by atoms with Crippen molar-refractivity contribution in [3.05, 3.63) is 0 Å². The van der Waals surface area contributed by atoms with E-state index in [0.717, 1.165) is 12.1 Å². The molecule has 0 N–H and O–H groups in total. The van der Waals surface area contributed by atoms with E-state index in [4.69, 9.17) is 0 Å². The first-order chi connectivity index (χ1) is 6.31. The van der Waals surface area contributed by atoms with Gasteiger partial charge in [-0.05, 0) is 26.4 Å². The van der Waals surface area contributed by atoms with Crippen molar-refractivity contribution in [2.75, 3.05) is 26.7 Å². The maximum atomic E-state index is 2.71. The zero-order valence-electron chi connectivity index (χ0n) is 9.00. The molecule has 2 aliphatic heterocycles. The highest BCUT2D eigenvalue weighted by Gasteiger charge is 2.40. The number of hydrogen-bond acceptors (Lipinski definition) is 2. The lowest BCUT2D eigenvalue weighted by Gasteiger charge is -2.31. The molecule has 0 aromatic rings. The fraction of sp³-hybridized carbons (Fsp3) is 1.00. The molecule has 2 fully saturated rings. The fourth-order valence-electron chi connectivity index (χ4n) is 2.79. The van der Waals surface area contributed by atoms with Crippen molar-refractivity contribution < 1.29 is 0 Å². The zero-order valence-corrected chi connectivity index (χ0v) is 9.00. The third-order valence-electron chi connectivity index (χ3n) is 3.68. The van der Waals surface area contributed by atoms with Crippen molar-refractivity contribution in [1.82, 2.24) is 9.80 Å². The molecule has 2 heterocycles. The number of likely N-dealkylation sites (N-methyl/N-ethyl adjacent to an activating group) is 1. The van der Waals surface area contributed by atoms with Crippen molar-refractivity contribution in [2.24, 2.45) is 0 Å². The quantitative estimate of drug-likeness (QED) is 0.609. The summed E-state index contributed by atoms with van der Waals surface area (Å²) in [6.07, 6.45) is 5.59. The Morgan fingerprint density at radius 1 is 1.15 bits per heavy atom. The Morgan fingerprint density at radius 2 is 2.00 bits per heavy atom. The molecule has 0 aliphatic carbocycles. The van der Waals surface area contributed by atoms with Gasteiger partial charge in [-0.15, -0.1) is 0 Å². The Labute approximate surface area is 81.9 Å². The van der Waals surface area contributed by atoms with Crippen LogP contribution in [0.4, 0.5) is 0 Å². The minimum absolute atomic E-state index is 0.881. The minimum atomic E-state index is 0.881. The Hall–Kier alpha value is -0.0800. The van der Waals surface area contributed by atoms with Gasteiger partial charge in [-0.2, -0.15) is 0 Å². The van der Waals surface area contributed by atoms with Gasteiger partial charge in [0.05, 0.1) is 0 Å². The average molecular weight is 182 g/mol. The number of unbranched alkanes of at least 4 members (excludes halogenated alkanes) is 2. The third kappa shape index (κ3) is 1.89. The maximum Gasteiger partial charge on any atom is 0.0239 e. The van der Waals surface area contributed by atoms with Crippen LogP contribution in [-0.2, 0) is 0 Å². The number of piperazine rings is 1. The molecule has 2 nitrogen and oxygen atoms in total. The molecule has 2 saturated heterocycles. The highest BCUT2D eigenvalue weighted by Crippen LogP contribution is 2.29. The molecule has 2 atom stereocenters. The van der Waals surface area contributed by atoms with E-state index >= 15 is 0 Å². The summed E-state index contributed by atoms with van der Waals surface area (Å²) >= 11 is 0. The summed E-state index contributed by atoms with van der Waals surface area (Å²) in [6, 6.07) is 1.78. The van der Waals surface area contributed by atoms with Crippen LogP contribution in [0.2, 0.25) is 0 Å². The zero-order chi connectivity index (χ0) is 9.26. The van der Waals surface area contributed by atoms with E-state index < -0.39 is 0 Å². The Bertz CT molecular complexity index is 167. The van der Waals surface area contributed by atoms with E-state index in [1.54, 1.807) is 0 Å². The molecular weight excluding hydrogens is 160 g/mol. The van der Waals surface area contributed by atoms with Gasteiger partial charge in [0.1, 0.15) is 0 Å². The molecule has 2 rings (SSSR count). The van der Waals surface area contributed by atoms with Gasteiger partial charge in [0.25, 0.3) is 0 Å². The molecular formula is C11H22N2. The predicted octanol–water partition coefficient (Wildman–Crippen LogP) is 1.56. The maximum absolute atomic E-state index is 2.71. The van der Waals surface area contributed by atoms with Crippen molar-refractivity contribution in [1.29, 1.82) is 0 Å². The van der Waals surface area contributed by atoms with Crippen molar-refractivity contribution >= 4 is 0 Å². The molecule has 76 valence electrons. The van der Waals surface area contributed by atoms with Gasteiger partial charge in [0.15, 0.2) is 0 Å². The first-order valence-corrected chi connectivity index (χ1v) is 5.75. The topological polar surface area (TPSA) is 6.48 Å². The van der Waals surface area contributed by atoms with Crippen LogP contribution in [0.5, 0.6) is 0 Å². The summed E-state index contributed by atoms with van der Waals surface area (Å²) in [5.41, 5.74) is 0. The second-order valence-corrected chi connectivity index (χ2v) is 4.68. The first kappa shape index (κ1) is 9.47. The first-order valence-electron chi connectivity index (χ1n) is 5.75. The number of fused-ring (bicyclic) bond motifs is 2. The Balaban J connectivity index is 1.73. The van der Waals surface area contributed by atoms with E-state index in [9.17, 15) is 0 Å². The van der Waals surface area contributed by atoms with Gasteiger partial charge in [-0.25, -0.2) is 0 Å². The Kier molecular flexibility index (Phi) is 2.89. The van der Waals surface area contributed by atoms with Crippen LogP contribution >= 0.6 is 0 Å². The normalized spacial score (nSPS) is 34.6. The molecule has 13 heavy (non-hydrogen) atoms. The second kappa shape index (κ2) is 3.97. The van der Waals surface area contributed by atoms with Gasteiger partial charge in [-0.1, -0.05) is 19.8 Å². The molecule has 2 aliphatic rings. The van der Waals surface area contributed by atoms with Crippen molar-refractivity contribution in [3.63, 3.8) is 0 Å². The van der Waals surface area contributed by atoms with E-state index in [2.05, 4.69) is 23.8 Å². The number of nitrogens with zero attached hydrogens (tertiary/aromatic N) is 2. The molecule has 0 spiro atoms. The smallest absolute Gasteiger partial charge is 0.0239 e. The summed E-state index contributed by atoms with van der Waals surface area (Å²) in [7, 11) is 2.27. The number of likely N-dealkylation sites (tertiary alicyclic amines) is 2. The van der Waals surface area contributed by atoms with Gasteiger partial charge in [0, 0.05) is 25.2 Å². The van der Waals surface area contributed by atoms with Crippen LogP contribution < -0.4 is 0 Å². The SMILES string of the molecule is CCCCCN1C[C@@H]2C[C@H]1CN2C. The van der Waals surface area contributed by atoms with Crippen LogP contribution in [0.15, 0.2) is 0 Å². The number of hydrogen-bond donors (Lipinski definition) is 0. The lowest BCUT2D eigenvalue weighted by molar-refractivity contribution is 0.147. The molecule has 2 heteroatoms. The van der Waals surface area contributed by atoms with Gasteiger partial charge in [-0.3, -0.25) is 4.90 Å². The highest BCUT2D eigenvalue weighted by molar-refractivity contribution is 4.97. The van der Waals surface area contributed by atoms with Gasteiger partial charge >= 0.3 is 0 Å². The molecule has 2 bridgehead atoms. The predicted molar refractivity (Wildman–Crippen MR) is 55.9 cm³/mol. The van der Waals surface area contributed by atoms with Crippen LogP contribution in [0.1, 0.15) is 32.6 Å². The third-order valence-corrected chi connectivity index (χ3v) is 3.68. The lowest BCUT2D eigenvalue weighted by atomic mass is 10.2. The molecule has 0 amide bonds. The molecule has 0 aromatic carbocycles. The highest BCUT2D eigenvalue weighted by atomic mass is 15.3. The summed E-state index contributed by atoms with van der Waals surface area (Å²) in [5, 5.41) is 0. The lowest BCUT2D eigenvalue weighted by Crippen LogP contribution is -2.44. The standard InChI is InChI=1S/C11H22N2/c1-3-4-5-6-13-9-10-7-11(13)8-12(10)2/h10-11H,3-9H2,1-2H3/t10-,11-/m0/s1. The van der Waals surface area contributed by atoms with E-state index in [-0.39, 0.29) is 0 Å². The van der Waals surface area contributed by atoms with Crippen molar-refractivity contribution in [2.45, 2.75) is 44.7 Å². The van der Waals surface area contributed by atoms with E-state index in [1.807, 2.05) is 0 Å². The summed E-state index contributed by atoms with van der Waals surface area (Å²) < 4.78 is 0. The number of rotatable bonds is 4. The fourth-order valence-corrected chi connectivity index (χ4v) is 2.79. The molecule has 0 aromatic heterocycles.